The van der Waals surface area contributed by atoms with Crippen LogP contribution < -0.4 is 0 Å². The Hall–Kier alpha value is -1.19. The summed E-state index contributed by atoms with van der Waals surface area (Å²) in [5, 5.41) is -6.39. The third-order valence-electron chi connectivity index (χ3n) is 11.1. The van der Waals surface area contributed by atoms with Gasteiger partial charge >= 0.3 is 34.0 Å². The molecule has 0 aromatic carbocycles. The predicted octanol–water partition coefficient (Wildman–Crippen LogP) is 7.70. The monoisotopic (exact) mass is 654 g/mol. The van der Waals surface area contributed by atoms with Crippen LogP contribution in [0.5, 0.6) is 0 Å². The minimum Gasteiger partial charge on any atom is -0.383 e. The van der Waals surface area contributed by atoms with Crippen LogP contribution in [0.3, 0.4) is 0 Å². The fraction of sp³-hybridized carbons (Fsp3) is 0.929. The third-order valence-corrected chi connectivity index (χ3v) is 12.4. The van der Waals surface area contributed by atoms with E-state index in [4.69, 9.17) is 9.47 Å². The summed E-state index contributed by atoms with van der Waals surface area (Å²) in [6.45, 7) is 10.3. The first-order valence-corrected chi connectivity index (χ1v) is 16.0. The van der Waals surface area contributed by atoms with Gasteiger partial charge in [0.25, 0.3) is 0 Å². The average molecular weight is 655 g/mol. The van der Waals surface area contributed by atoms with E-state index in [0.29, 0.717) is 24.7 Å². The SMILES string of the molecule is C[C@@H]1OC(C)(C)OC2C[C@H]3[C@@H]4CCC5C=C(OS(=O)(=O)C(F)(F)C(F)(F)OC(F)(F)C(F)F)CC[C@]5(C)[C@H]4CC[C@]3(C)[C@H]21. The van der Waals surface area contributed by atoms with Crippen molar-refractivity contribution in [3.05, 3.63) is 11.8 Å². The summed E-state index contributed by atoms with van der Waals surface area (Å²) in [6.07, 6.45) is -11.9. The Morgan fingerprint density at radius 1 is 0.930 bits per heavy atom. The summed E-state index contributed by atoms with van der Waals surface area (Å²) in [6, 6.07) is 0. The van der Waals surface area contributed by atoms with Crippen molar-refractivity contribution in [1.82, 2.24) is 0 Å². The number of halogens is 8. The molecule has 9 atom stereocenters. The van der Waals surface area contributed by atoms with Gasteiger partial charge < -0.3 is 13.7 Å². The van der Waals surface area contributed by atoms with Gasteiger partial charge in [-0.2, -0.15) is 34.8 Å². The van der Waals surface area contributed by atoms with Gasteiger partial charge in [-0.1, -0.05) is 13.8 Å². The molecule has 1 saturated heterocycles. The summed E-state index contributed by atoms with van der Waals surface area (Å²) in [4.78, 5) is 0. The van der Waals surface area contributed by atoms with E-state index in [2.05, 4.69) is 29.7 Å². The number of allylic oxidation sites excluding steroid dienone is 2. The molecule has 0 aromatic rings. The van der Waals surface area contributed by atoms with E-state index in [0.717, 1.165) is 25.7 Å². The van der Waals surface area contributed by atoms with Crippen LogP contribution in [-0.4, -0.2) is 50.3 Å². The molecule has 1 heterocycles. The molecule has 5 rings (SSSR count). The van der Waals surface area contributed by atoms with Crippen molar-refractivity contribution >= 4 is 10.1 Å². The highest BCUT2D eigenvalue weighted by Gasteiger charge is 2.73. The standard InChI is InChI=1S/C28H38F8O6S/c1-14-21-20(40-23(2,3)39-14)13-19-17-7-6-15-12-16(8-10-24(15,4)18(17)9-11-25(19,21)5)41-43(37,38)28(35,36)27(33,34)42-26(31,32)22(29)30/h12,14-15,17-22H,6-11,13H2,1-5H3/t14-,15?,17+,18-,19-,20?,21-,24-,25-/m0/s1. The molecule has 43 heavy (non-hydrogen) atoms. The first-order chi connectivity index (χ1) is 19.5. The highest BCUT2D eigenvalue weighted by Crippen LogP contribution is 2.69. The lowest BCUT2D eigenvalue weighted by molar-refractivity contribution is -0.435. The lowest BCUT2D eigenvalue weighted by atomic mass is 9.45. The molecule has 0 amide bonds. The highest BCUT2D eigenvalue weighted by atomic mass is 32.2. The number of fused-ring (bicyclic) bond motifs is 7. The van der Waals surface area contributed by atoms with E-state index in [1.807, 2.05) is 13.8 Å². The van der Waals surface area contributed by atoms with Crippen LogP contribution in [0.2, 0.25) is 0 Å². The fourth-order valence-corrected chi connectivity index (χ4v) is 10.3. The van der Waals surface area contributed by atoms with E-state index >= 15 is 0 Å². The summed E-state index contributed by atoms with van der Waals surface area (Å²) < 4.78 is 151. The van der Waals surface area contributed by atoms with Crippen LogP contribution in [-0.2, 0) is 28.5 Å². The number of hydrogen-bond donors (Lipinski definition) is 0. The summed E-state index contributed by atoms with van der Waals surface area (Å²) in [5.74, 6) is -0.376. The Morgan fingerprint density at radius 3 is 2.21 bits per heavy atom. The second-order valence-electron chi connectivity index (χ2n) is 13.9. The van der Waals surface area contributed by atoms with Gasteiger partial charge in [-0.15, -0.1) is 0 Å². The molecule has 0 spiro atoms. The van der Waals surface area contributed by atoms with Crippen LogP contribution in [0.1, 0.15) is 79.6 Å². The van der Waals surface area contributed by atoms with Crippen LogP contribution in [0.4, 0.5) is 35.1 Å². The summed E-state index contributed by atoms with van der Waals surface area (Å²) in [7, 11) is -6.62. The number of rotatable bonds is 7. The lowest BCUT2D eigenvalue weighted by Gasteiger charge is -2.60. The molecule has 6 nitrogen and oxygen atoms in total. The molecule has 4 fully saturated rings. The van der Waals surface area contributed by atoms with Crippen LogP contribution in [0.25, 0.3) is 0 Å². The summed E-state index contributed by atoms with van der Waals surface area (Å²) >= 11 is 0. The molecule has 15 heteroatoms. The molecule has 0 N–H and O–H groups in total. The van der Waals surface area contributed by atoms with Gasteiger partial charge in [-0.05, 0) is 99.9 Å². The number of alkyl halides is 8. The van der Waals surface area contributed by atoms with Gasteiger partial charge in [0.15, 0.2) is 5.79 Å². The lowest BCUT2D eigenvalue weighted by Crippen LogP contribution is -2.55. The van der Waals surface area contributed by atoms with E-state index in [9.17, 15) is 43.5 Å². The maximum atomic E-state index is 14.3. The van der Waals surface area contributed by atoms with Crippen molar-refractivity contribution in [3.8, 4) is 0 Å². The molecule has 0 radical (unpaired) electrons. The zero-order valence-electron chi connectivity index (χ0n) is 24.5. The van der Waals surface area contributed by atoms with E-state index in [1.165, 1.54) is 6.08 Å². The van der Waals surface area contributed by atoms with Crippen molar-refractivity contribution in [1.29, 1.82) is 0 Å². The minimum atomic E-state index is -6.62. The van der Waals surface area contributed by atoms with Crippen molar-refractivity contribution in [3.63, 3.8) is 0 Å². The van der Waals surface area contributed by atoms with E-state index < -0.39 is 45.6 Å². The van der Waals surface area contributed by atoms with Crippen molar-refractivity contribution in [2.75, 3.05) is 0 Å². The Labute approximate surface area is 245 Å². The quantitative estimate of drug-likeness (QED) is 0.207. The highest BCUT2D eigenvalue weighted by molar-refractivity contribution is 7.88. The third kappa shape index (κ3) is 5.19. The van der Waals surface area contributed by atoms with Gasteiger partial charge in [0.2, 0.25) is 0 Å². The first kappa shape index (κ1) is 33.2. The maximum absolute atomic E-state index is 14.3. The predicted molar refractivity (Wildman–Crippen MR) is 135 cm³/mol. The van der Waals surface area contributed by atoms with Crippen LogP contribution in [0.15, 0.2) is 11.8 Å². The molecular formula is C28H38F8O6S. The van der Waals surface area contributed by atoms with Gasteiger partial charge in [0, 0.05) is 12.3 Å². The molecule has 0 aromatic heterocycles. The van der Waals surface area contributed by atoms with Crippen molar-refractivity contribution in [2.24, 2.45) is 40.4 Å². The second-order valence-corrected chi connectivity index (χ2v) is 15.5. The molecular weight excluding hydrogens is 616 g/mol. The van der Waals surface area contributed by atoms with Gasteiger partial charge in [-0.25, -0.2) is 13.5 Å². The van der Waals surface area contributed by atoms with E-state index in [-0.39, 0.29) is 47.2 Å². The fourth-order valence-electron chi connectivity index (χ4n) is 9.41. The Balaban J connectivity index is 1.33. The maximum Gasteiger partial charge on any atom is 0.471 e. The second kappa shape index (κ2) is 10.2. The molecule has 248 valence electrons. The molecule has 4 aliphatic carbocycles. The van der Waals surface area contributed by atoms with Gasteiger partial charge in [0.05, 0.1) is 12.2 Å². The smallest absolute Gasteiger partial charge is 0.383 e. The Bertz CT molecular complexity index is 1240. The molecule has 3 saturated carbocycles. The van der Waals surface area contributed by atoms with Crippen molar-refractivity contribution in [2.45, 2.75) is 121 Å². The normalized spacial score (nSPS) is 41.5. The largest absolute Gasteiger partial charge is 0.471 e. The van der Waals surface area contributed by atoms with Crippen molar-refractivity contribution < 1.29 is 61.9 Å². The molecule has 1 aliphatic heterocycles. The minimum absolute atomic E-state index is 0.00217. The summed E-state index contributed by atoms with van der Waals surface area (Å²) in [5.41, 5.74) is -0.358. The number of ether oxygens (including phenoxy) is 3. The van der Waals surface area contributed by atoms with Gasteiger partial charge in [0.1, 0.15) is 5.76 Å². The average Bonchev–Trinajstić information content (AvgIpc) is 3.14. The van der Waals surface area contributed by atoms with Gasteiger partial charge in [-0.3, -0.25) is 0 Å². The van der Waals surface area contributed by atoms with E-state index in [1.54, 1.807) is 0 Å². The van der Waals surface area contributed by atoms with Crippen LogP contribution in [0, 0.1) is 40.4 Å². The number of hydrogen-bond acceptors (Lipinski definition) is 6. The van der Waals surface area contributed by atoms with Crippen LogP contribution >= 0.6 is 0 Å². The zero-order chi connectivity index (χ0) is 32.2. The Kier molecular flexibility index (Phi) is 7.84. The molecule has 5 aliphatic rings. The Morgan fingerprint density at radius 2 is 1.58 bits per heavy atom. The topological polar surface area (TPSA) is 71.1 Å². The molecule has 2 unspecified atom stereocenters. The molecule has 0 bridgehead atoms. The first-order valence-electron chi connectivity index (χ1n) is 14.6. The zero-order valence-corrected chi connectivity index (χ0v) is 25.3.